The second-order valence-electron chi connectivity index (χ2n) is 5.78. The Bertz CT molecular complexity index is 661. The van der Waals surface area contributed by atoms with E-state index in [0.717, 1.165) is 25.2 Å². The fourth-order valence-corrected chi connectivity index (χ4v) is 2.84. The third-order valence-electron chi connectivity index (χ3n) is 4.06. The van der Waals surface area contributed by atoms with Crippen molar-refractivity contribution in [2.75, 3.05) is 24.5 Å². The van der Waals surface area contributed by atoms with Crippen LogP contribution in [0.3, 0.4) is 0 Å². The zero-order valence-corrected chi connectivity index (χ0v) is 13.4. The monoisotopic (exact) mass is 331 g/mol. The number of anilines is 1. The van der Waals surface area contributed by atoms with Crippen molar-refractivity contribution in [3.05, 3.63) is 36.1 Å². The summed E-state index contributed by atoms with van der Waals surface area (Å²) < 4.78 is 4.81. The Morgan fingerprint density at radius 3 is 3.12 bits per heavy atom. The van der Waals surface area contributed by atoms with E-state index in [-0.39, 0.29) is 24.3 Å². The molecule has 2 aromatic rings. The number of hydrogen-bond acceptors (Lipinski definition) is 7. The van der Waals surface area contributed by atoms with Crippen molar-refractivity contribution in [2.24, 2.45) is 5.92 Å². The molecule has 0 aromatic carbocycles. The normalized spacial score (nSPS) is 17.7. The summed E-state index contributed by atoms with van der Waals surface area (Å²) in [7, 11) is 0. The number of piperidine rings is 1. The fraction of sp³-hybridized carbons (Fsp3) is 0.500. The van der Waals surface area contributed by atoms with Crippen LogP contribution in [0.1, 0.15) is 24.6 Å². The molecule has 1 aliphatic heterocycles. The van der Waals surface area contributed by atoms with Gasteiger partial charge in [-0.05, 0) is 25.0 Å². The fourth-order valence-electron chi connectivity index (χ4n) is 2.84. The minimum absolute atomic E-state index is 0.0426. The van der Waals surface area contributed by atoms with Gasteiger partial charge >= 0.3 is 0 Å². The summed E-state index contributed by atoms with van der Waals surface area (Å²) in [5, 5.41) is 15.5. The highest BCUT2D eigenvalue weighted by Crippen LogP contribution is 2.21. The number of aliphatic hydroxyl groups excluding tert-OH is 1. The quantitative estimate of drug-likeness (QED) is 0.795. The van der Waals surface area contributed by atoms with Crippen LogP contribution in [-0.2, 0) is 17.8 Å². The van der Waals surface area contributed by atoms with Crippen molar-refractivity contribution in [1.29, 1.82) is 0 Å². The molecule has 0 saturated carbocycles. The van der Waals surface area contributed by atoms with Gasteiger partial charge in [-0.3, -0.25) is 4.79 Å². The molecule has 1 fully saturated rings. The molecule has 2 N–H and O–H groups in total. The molecule has 1 saturated heterocycles. The SMILES string of the molecule is O=C(NCCc1noc(CO)n1)[C@H]1CCCN(c2ccccn2)C1. The number of pyridine rings is 1. The van der Waals surface area contributed by atoms with Crippen molar-refractivity contribution in [1.82, 2.24) is 20.4 Å². The Hall–Kier alpha value is -2.48. The Morgan fingerprint density at radius 1 is 1.46 bits per heavy atom. The van der Waals surface area contributed by atoms with Crippen molar-refractivity contribution in [2.45, 2.75) is 25.9 Å². The molecular formula is C16H21N5O3. The Balaban J connectivity index is 1.47. The van der Waals surface area contributed by atoms with E-state index in [2.05, 4.69) is 25.3 Å². The topological polar surface area (TPSA) is 104 Å². The minimum atomic E-state index is -0.273. The molecule has 0 radical (unpaired) electrons. The summed E-state index contributed by atoms with van der Waals surface area (Å²) >= 11 is 0. The van der Waals surface area contributed by atoms with Crippen LogP contribution in [0.25, 0.3) is 0 Å². The average Bonchev–Trinajstić information content (AvgIpc) is 3.10. The molecule has 2 aromatic heterocycles. The highest BCUT2D eigenvalue weighted by molar-refractivity contribution is 5.79. The maximum atomic E-state index is 12.4. The number of nitrogens with one attached hydrogen (secondary N) is 1. The summed E-state index contributed by atoms with van der Waals surface area (Å²) in [5.41, 5.74) is 0. The third kappa shape index (κ3) is 4.08. The standard InChI is InChI=1S/C16H21N5O3/c22-11-15-19-13(20-24-15)6-8-18-16(23)12-4-3-9-21(10-12)14-5-1-2-7-17-14/h1-2,5,7,12,22H,3-4,6,8-11H2,(H,18,23)/t12-/m0/s1. The molecule has 1 atom stereocenters. The van der Waals surface area contributed by atoms with Crippen LogP contribution in [0.4, 0.5) is 5.82 Å². The maximum absolute atomic E-state index is 12.4. The molecule has 24 heavy (non-hydrogen) atoms. The van der Waals surface area contributed by atoms with Gasteiger partial charge in [-0.1, -0.05) is 11.2 Å². The van der Waals surface area contributed by atoms with Gasteiger partial charge in [0, 0.05) is 32.3 Å². The zero-order chi connectivity index (χ0) is 16.8. The summed E-state index contributed by atoms with van der Waals surface area (Å²) in [6, 6.07) is 5.81. The van der Waals surface area contributed by atoms with Gasteiger partial charge in [0.1, 0.15) is 12.4 Å². The molecule has 3 rings (SSSR count). The first-order chi connectivity index (χ1) is 11.8. The number of nitrogens with zero attached hydrogens (tertiary/aromatic N) is 4. The lowest BCUT2D eigenvalue weighted by molar-refractivity contribution is -0.125. The van der Waals surface area contributed by atoms with Gasteiger partial charge in [0.2, 0.25) is 5.91 Å². The van der Waals surface area contributed by atoms with Gasteiger partial charge in [-0.2, -0.15) is 4.98 Å². The summed E-state index contributed by atoms with van der Waals surface area (Å²) in [5.74, 6) is 1.59. The van der Waals surface area contributed by atoms with E-state index in [4.69, 9.17) is 9.63 Å². The van der Waals surface area contributed by atoms with Crippen molar-refractivity contribution in [3.63, 3.8) is 0 Å². The average molecular weight is 331 g/mol. The van der Waals surface area contributed by atoms with Crippen LogP contribution in [0.15, 0.2) is 28.9 Å². The van der Waals surface area contributed by atoms with Crippen molar-refractivity contribution < 1.29 is 14.4 Å². The van der Waals surface area contributed by atoms with Crippen LogP contribution in [0.2, 0.25) is 0 Å². The maximum Gasteiger partial charge on any atom is 0.252 e. The van der Waals surface area contributed by atoms with E-state index < -0.39 is 0 Å². The first-order valence-corrected chi connectivity index (χ1v) is 8.12. The second kappa shape index (κ2) is 7.87. The van der Waals surface area contributed by atoms with Crippen LogP contribution >= 0.6 is 0 Å². The van der Waals surface area contributed by atoms with E-state index in [9.17, 15) is 4.79 Å². The van der Waals surface area contributed by atoms with Gasteiger partial charge in [0.05, 0.1) is 5.92 Å². The highest BCUT2D eigenvalue weighted by Gasteiger charge is 2.26. The van der Waals surface area contributed by atoms with Crippen LogP contribution in [-0.4, -0.2) is 45.8 Å². The first-order valence-electron chi connectivity index (χ1n) is 8.12. The molecule has 0 bridgehead atoms. The minimum Gasteiger partial charge on any atom is -0.387 e. The summed E-state index contributed by atoms with van der Waals surface area (Å²) in [6.45, 7) is 1.78. The van der Waals surface area contributed by atoms with E-state index in [1.165, 1.54) is 0 Å². The number of aromatic nitrogens is 3. The molecule has 0 spiro atoms. The summed E-state index contributed by atoms with van der Waals surface area (Å²) in [6.07, 6.45) is 4.10. The third-order valence-corrected chi connectivity index (χ3v) is 4.06. The predicted molar refractivity (Wildman–Crippen MR) is 86.1 cm³/mol. The molecule has 3 heterocycles. The molecule has 0 aliphatic carbocycles. The zero-order valence-electron chi connectivity index (χ0n) is 13.4. The lowest BCUT2D eigenvalue weighted by atomic mass is 9.97. The van der Waals surface area contributed by atoms with Gasteiger partial charge in [-0.15, -0.1) is 0 Å². The van der Waals surface area contributed by atoms with Crippen LogP contribution in [0, 0.1) is 5.92 Å². The number of amides is 1. The molecule has 128 valence electrons. The van der Waals surface area contributed by atoms with Crippen LogP contribution in [0.5, 0.6) is 0 Å². The smallest absolute Gasteiger partial charge is 0.252 e. The largest absolute Gasteiger partial charge is 0.387 e. The number of hydrogen-bond donors (Lipinski definition) is 2. The van der Waals surface area contributed by atoms with Gasteiger partial charge in [0.25, 0.3) is 5.89 Å². The van der Waals surface area contributed by atoms with E-state index >= 15 is 0 Å². The summed E-state index contributed by atoms with van der Waals surface area (Å²) in [4.78, 5) is 22.9. The lowest BCUT2D eigenvalue weighted by Gasteiger charge is -2.32. The van der Waals surface area contributed by atoms with Crippen LogP contribution < -0.4 is 10.2 Å². The van der Waals surface area contributed by atoms with Crippen molar-refractivity contribution in [3.8, 4) is 0 Å². The van der Waals surface area contributed by atoms with Gasteiger partial charge in [0.15, 0.2) is 5.82 Å². The number of carbonyl (C=O) groups excluding carboxylic acids is 1. The molecule has 1 amide bonds. The molecule has 0 unspecified atom stereocenters. The van der Waals surface area contributed by atoms with E-state index in [1.54, 1.807) is 6.20 Å². The number of rotatable bonds is 6. The first kappa shape index (κ1) is 16.4. The number of carbonyl (C=O) groups is 1. The highest BCUT2D eigenvalue weighted by atomic mass is 16.5. The molecule has 1 aliphatic rings. The predicted octanol–water partition coefficient (Wildman–Crippen LogP) is 0.532. The Morgan fingerprint density at radius 2 is 2.38 bits per heavy atom. The van der Waals surface area contributed by atoms with E-state index in [1.807, 2.05) is 18.2 Å². The Labute approximate surface area is 139 Å². The molecule has 8 heteroatoms. The van der Waals surface area contributed by atoms with Gasteiger partial charge < -0.3 is 19.8 Å². The van der Waals surface area contributed by atoms with Crippen molar-refractivity contribution >= 4 is 11.7 Å². The molecular weight excluding hydrogens is 310 g/mol. The van der Waals surface area contributed by atoms with E-state index in [0.29, 0.717) is 25.3 Å². The lowest BCUT2D eigenvalue weighted by Crippen LogP contribution is -2.43. The number of aliphatic hydroxyl groups is 1. The Kier molecular flexibility index (Phi) is 5.37. The second-order valence-corrected chi connectivity index (χ2v) is 5.78. The van der Waals surface area contributed by atoms with Gasteiger partial charge in [-0.25, -0.2) is 4.98 Å². The molecule has 8 nitrogen and oxygen atoms in total.